The fraction of sp³-hybridized carbons (Fsp3) is 0.750. The van der Waals surface area contributed by atoms with Crippen LogP contribution in [-0.2, 0) is 24.9 Å². The van der Waals surface area contributed by atoms with E-state index in [0.717, 1.165) is 35.0 Å². The van der Waals surface area contributed by atoms with E-state index in [-0.39, 0.29) is 12.7 Å². The standard InChI is InChI=1S/C16H28N4O3S/c1-16(2,3)23-15(22)20-8-6-19(7-9-20)10-12-13(11-21)24-14(17-4)18(12)5/h21H,6-11H2,1-5H3. The fourth-order valence-electron chi connectivity index (χ4n) is 2.68. The Morgan fingerprint density at radius 1 is 1.29 bits per heavy atom. The number of ether oxygens (including phenoxy) is 1. The number of hydrogen-bond donors (Lipinski definition) is 1. The summed E-state index contributed by atoms with van der Waals surface area (Å²) in [6, 6.07) is 0. The highest BCUT2D eigenvalue weighted by Gasteiger charge is 2.26. The SMILES string of the molecule is CN=c1sc(CO)c(CN2CCN(C(=O)OC(C)(C)C)CC2)n1C. The number of aliphatic hydroxyl groups excluding tert-OH is 1. The molecule has 2 heterocycles. The van der Waals surface area contributed by atoms with Gasteiger partial charge in [-0.15, -0.1) is 0 Å². The van der Waals surface area contributed by atoms with Crippen LogP contribution in [-0.4, -0.2) is 64.4 Å². The first-order chi connectivity index (χ1) is 11.2. The Morgan fingerprint density at radius 2 is 1.92 bits per heavy atom. The van der Waals surface area contributed by atoms with Crippen molar-refractivity contribution in [3.05, 3.63) is 15.4 Å². The van der Waals surface area contributed by atoms with Gasteiger partial charge in [-0.3, -0.25) is 9.89 Å². The maximum Gasteiger partial charge on any atom is 0.410 e. The van der Waals surface area contributed by atoms with Gasteiger partial charge in [0.05, 0.1) is 11.5 Å². The van der Waals surface area contributed by atoms with Crippen LogP contribution in [0.4, 0.5) is 4.79 Å². The Hall–Kier alpha value is -1.38. The van der Waals surface area contributed by atoms with E-state index in [4.69, 9.17) is 4.74 Å². The minimum absolute atomic E-state index is 0.0290. The summed E-state index contributed by atoms with van der Waals surface area (Å²) in [5.74, 6) is 0. The zero-order chi connectivity index (χ0) is 17.9. The fourth-order valence-corrected chi connectivity index (χ4v) is 3.62. The number of amides is 1. The molecule has 2 rings (SSSR count). The number of aromatic nitrogens is 1. The Morgan fingerprint density at radius 3 is 2.42 bits per heavy atom. The van der Waals surface area contributed by atoms with Crippen LogP contribution in [0.5, 0.6) is 0 Å². The van der Waals surface area contributed by atoms with E-state index in [1.165, 1.54) is 11.3 Å². The van der Waals surface area contributed by atoms with Crippen molar-refractivity contribution in [2.45, 2.75) is 39.5 Å². The summed E-state index contributed by atoms with van der Waals surface area (Å²) < 4.78 is 7.46. The van der Waals surface area contributed by atoms with Gasteiger partial charge in [0.2, 0.25) is 0 Å². The molecule has 8 heteroatoms. The molecule has 24 heavy (non-hydrogen) atoms. The van der Waals surface area contributed by atoms with Crippen molar-refractivity contribution in [3.63, 3.8) is 0 Å². The number of carbonyl (C=O) groups is 1. The predicted octanol–water partition coefficient (Wildman–Crippen LogP) is 1.16. The molecular weight excluding hydrogens is 328 g/mol. The van der Waals surface area contributed by atoms with Crippen molar-refractivity contribution in [2.75, 3.05) is 33.2 Å². The smallest absolute Gasteiger partial charge is 0.410 e. The molecule has 1 aromatic heterocycles. The monoisotopic (exact) mass is 356 g/mol. The minimum atomic E-state index is -0.464. The Kier molecular flexibility index (Phi) is 6.06. The molecule has 0 bridgehead atoms. The van der Waals surface area contributed by atoms with Crippen LogP contribution in [0.25, 0.3) is 0 Å². The van der Waals surface area contributed by atoms with E-state index >= 15 is 0 Å². The van der Waals surface area contributed by atoms with Crippen molar-refractivity contribution in [1.29, 1.82) is 0 Å². The van der Waals surface area contributed by atoms with Crippen molar-refractivity contribution in [2.24, 2.45) is 12.0 Å². The van der Waals surface area contributed by atoms with Gasteiger partial charge in [-0.2, -0.15) is 0 Å². The molecule has 1 aromatic rings. The van der Waals surface area contributed by atoms with Crippen LogP contribution in [0.1, 0.15) is 31.3 Å². The van der Waals surface area contributed by atoms with Crippen LogP contribution in [0.15, 0.2) is 4.99 Å². The van der Waals surface area contributed by atoms with Crippen LogP contribution in [0.3, 0.4) is 0 Å². The molecule has 1 saturated heterocycles. The zero-order valence-corrected chi connectivity index (χ0v) is 16.0. The highest BCUT2D eigenvalue weighted by Crippen LogP contribution is 2.17. The van der Waals surface area contributed by atoms with Crippen LogP contribution in [0.2, 0.25) is 0 Å². The summed E-state index contributed by atoms with van der Waals surface area (Å²) in [5, 5.41) is 9.57. The first kappa shape index (κ1) is 19.0. The number of hydrogen-bond acceptors (Lipinski definition) is 6. The number of rotatable bonds is 3. The molecule has 0 saturated carbocycles. The van der Waals surface area contributed by atoms with E-state index in [1.807, 2.05) is 32.4 Å². The van der Waals surface area contributed by atoms with Gasteiger partial charge in [0.1, 0.15) is 5.60 Å². The molecule has 0 aromatic carbocycles. The normalized spacial score (nSPS) is 17.4. The Labute approximate surface area is 147 Å². The third-order valence-corrected chi connectivity index (χ3v) is 5.21. The average molecular weight is 356 g/mol. The van der Waals surface area contributed by atoms with Crippen molar-refractivity contribution >= 4 is 17.4 Å². The van der Waals surface area contributed by atoms with Crippen LogP contribution < -0.4 is 4.80 Å². The molecule has 0 spiro atoms. The Bertz CT molecular complexity index is 637. The van der Waals surface area contributed by atoms with Gasteiger partial charge in [0.15, 0.2) is 4.80 Å². The van der Waals surface area contributed by atoms with Crippen molar-refractivity contribution in [3.8, 4) is 0 Å². The van der Waals surface area contributed by atoms with E-state index in [2.05, 4.69) is 9.89 Å². The lowest BCUT2D eigenvalue weighted by Crippen LogP contribution is -2.49. The third kappa shape index (κ3) is 4.58. The summed E-state index contributed by atoms with van der Waals surface area (Å²) in [6.45, 7) is 9.31. The number of nitrogens with zero attached hydrogens (tertiary/aromatic N) is 4. The zero-order valence-electron chi connectivity index (χ0n) is 15.2. The van der Waals surface area contributed by atoms with Gasteiger partial charge in [0.25, 0.3) is 0 Å². The molecule has 1 fully saturated rings. The lowest BCUT2D eigenvalue weighted by atomic mass is 10.2. The number of thiazole rings is 1. The molecule has 136 valence electrons. The minimum Gasteiger partial charge on any atom is -0.444 e. The second kappa shape index (κ2) is 7.67. The van der Waals surface area contributed by atoms with Gasteiger partial charge in [-0.1, -0.05) is 11.3 Å². The summed E-state index contributed by atoms with van der Waals surface area (Å²) in [4.78, 5) is 22.3. The first-order valence-corrected chi connectivity index (χ1v) is 8.98. The van der Waals surface area contributed by atoms with E-state index < -0.39 is 5.60 Å². The topological polar surface area (TPSA) is 70.3 Å². The largest absolute Gasteiger partial charge is 0.444 e. The molecule has 1 aliphatic rings. The van der Waals surface area contributed by atoms with Gasteiger partial charge in [-0.25, -0.2) is 4.79 Å². The van der Waals surface area contributed by atoms with Crippen molar-refractivity contribution < 1.29 is 14.6 Å². The predicted molar refractivity (Wildman–Crippen MR) is 93.8 cm³/mol. The lowest BCUT2D eigenvalue weighted by molar-refractivity contribution is 0.0137. The highest BCUT2D eigenvalue weighted by molar-refractivity contribution is 7.09. The van der Waals surface area contributed by atoms with Gasteiger partial charge in [-0.05, 0) is 20.8 Å². The molecule has 1 amide bonds. The van der Waals surface area contributed by atoms with Crippen LogP contribution in [0, 0.1) is 0 Å². The molecular formula is C16H28N4O3S. The summed E-state index contributed by atoms with van der Waals surface area (Å²) in [6.07, 6.45) is -0.244. The molecule has 0 unspecified atom stereocenters. The molecule has 1 aliphatic heterocycles. The quantitative estimate of drug-likeness (QED) is 0.882. The van der Waals surface area contributed by atoms with Gasteiger partial charge >= 0.3 is 6.09 Å². The van der Waals surface area contributed by atoms with Crippen LogP contribution >= 0.6 is 11.3 Å². The average Bonchev–Trinajstić information content (AvgIpc) is 2.82. The van der Waals surface area contributed by atoms with E-state index in [9.17, 15) is 9.90 Å². The Balaban J connectivity index is 1.97. The molecule has 0 radical (unpaired) electrons. The second-order valence-corrected chi connectivity index (χ2v) is 8.00. The summed E-state index contributed by atoms with van der Waals surface area (Å²) in [7, 11) is 3.74. The number of aliphatic hydroxyl groups is 1. The number of carbonyl (C=O) groups excluding carboxylic acids is 1. The van der Waals surface area contributed by atoms with Crippen molar-refractivity contribution in [1.82, 2.24) is 14.4 Å². The van der Waals surface area contributed by atoms with E-state index in [1.54, 1.807) is 11.9 Å². The maximum atomic E-state index is 12.1. The summed E-state index contributed by atoms with van der Waals surface area (Å²) >= 11 is 1.52. The second-order valence-electron chi connectivity index (χ2n) is 6.94. The molecule has 1 N–H and O–H groups in total. The first-order valence-electron chi connectivity index (χ1n) is 8.16. The molecule has 7 nitrogen and oxygen atoms in total. The summed E-state index contributed by atoms with van der Waals surface area (Å²) in [5.41, 5.74) is 0.628. The van der Waals surface area contributed by atoms with Gasteiger partial charge < -0.3 is 19.3 Å². The molecule has 0 aliphatic carbocycles. The van der Waals surface area contributed by atoms with Gasteiger partial charge in [0, 0.05) is 52.5 Å². The lowest BCUT2D eigenvalue weighted by Gasteiger charge is -2.35. The third-order valence-electron chi connectivity index (χ3n) is 3.96. The van der Waals surface area contributed by atoms with E-state index in [0.29, 0.717) is 13.1 Å². The highest BCUT2D eigenvalue weighted by atomic mass is 32.1. The molecule has 0 atom stereocenters. The maximum absolute atomic E-state index is 12.1. The number of piperazine rings is 1.